The second-order valence-electron chi connectivity index (χ2n) is 5.86. The number of rotatable bonds is 1. The molecule has 0 amide bonds. The Morgan fingerprint density at radius 3 is 2.26 bits per heavy atom. The lowest BCUT2D eigenvalue weighted by atomic mass is 9.82. The van der Waals surface area contributed by atoms with Gasteiger partial charge in [-0.25, -0.2) is 9.97 Å². The molecule has 4 nitrogen and oxygen atoms in total. The minimum absolute atomic E-state index is 0.357. The van der Waals surface area contributed by atoms with Crippen molar-refractivity contribution in [1.82, 2.24) is 9.97 Å². The van der Waals surface area contributed by atoms with E-state index in [0.29, 0.717) is 0 Å². The fourth-order valence-electron chi connectivity index (χ4n) is 2.17. The monoisotopic (exact) mass is 256 g/mol. The van der Waals surface area contributed by atoms with Crippen LogP contribution in [-0.2, 0) is 9.31 Å². The standard InChI is InChI=1S/C14H17BN2O2/c1-13(2)14(3,4)19-15(18-13)12-10-7-5-6-8-11(10)16-9-17-12/h5-9H,1-4H3. The zero-order chi connectivity index (χ0) is 13.7. The van der Waals surface area contributed by atoms with Crippen molar-refractivity contribution >= 4 is 23.6 Å². The highest BCUT2D eigenvalue weighted by atomic mass is 16.7. The minimum atomic E-state index is -0.446. The predicted molar refractivity (Wildman–Crippen MR) is 75.3 cm³/mol. The van der Waals surface area contributed by atoms with Crippen molar-refractivity contribution in [2.24, 2.45) is 0 Å². The van der Waals surface area contributed by atoms with E-state index in [1.54, 1.807) is 6.33 Å². The molecule has 2 aromatic rings. The lowest BCUT2D eigenvalue weighted by molar-refractivity contribution is 0.00578. The van der Waals surface area contributed by atoms with E-state index in [1.807, 2.05) is 52.0 Å². The van der Waals surface area contributed by atoms with Crippen LogP contribution in [0.25, 0.3) is 10.9 Å². The Morgan fingerprint density at radius 2 is 1.58 bits per heavy atom. The summed E-state index contributed by atoms with van der Waals surface area (Å²) >= 11 is 0. The van der Waals surface area contributed by atoms with Crippen molar-refractivity contribution < 1.29 is 9.31 Å². The summed E-state index contributed by atoms with van der Waals surface area (Å²) in [4.78, 5) is 8.62. The van der Waals surface area contributed by atoms with Gasteiger partial charge in [0.15, 0.2) is 0 Å². The summed E-state index contributed by atoms with van der Waals surface area (Å²) in [5.74, 6) is 0. The molecule has 5 heteroatoms. The van der Waals surface area contributed by atoms with Gasteiger partial charge in [0.2, 0.25) is 0 Å². The number of hydrogen-bond acceptors (Lipinski definition) is 4. The Balaban J connectivity index is 2.08. The molecule has 0 atom stereocenters. The molecule has 1 fully saturated rings. The zero-order valence-corrected chi connectivity index (χ0v) is 11.7. The highest BCUT2D eigenvalue weighted by molar-refractivity contribution is 6.64. The van der Waals surface area contributed by atoms with Gasteiger partial charge in [-0.1, -0.05) is 18.2 Å². The molecule has 0 radical (unpaired) electrons. The predicted octanol–water partition coefficient (Wildman–Crippen LogP) is 1.93. The lowest BCUT2D eigenvalue weighted by Gasteiger charge is -2.32. The van der Waals surface area contributed by atoms with E-state index in [9.17, 15) is 0 Å². The summed E-state index contributed by atoms with van der Waals surface area (Å²) in [6.45, 7) is 8.15. The van der Waals surface area contributed by atoms with Gasteiger partial charge in [-0.2, -0.15) is 0 Å². The largest absolute Gasteiger partial charge is 0.515 e. The maximum absolute atomic E-state index is 6.05. The first kappa shape index (κ1) is 12.6. The molecule has 98 valence electrons. The molecule has 1 saturated heterocycles. The summed E-state index contributed by atoms with van der Waals surface area (Å²) in [6.07, 6.45) is 1.56. The maximum Gasteiger partial charge on any atom is 0.515 e. The van der Waals surface area contributed by atoms with Gasteiger partial charge in [0.25, 0.3) is 0 Å². The first-order valence-electron chi connectivity index (χ1n) is 6.46. The summed E-state index contributed by atoms with van der Waals surface area (Å²) in [7, 11) is -0.446. The number of hydrogen-bond donors (Lipinski definition) is 0. The molecule has 0 aliphatic carbocycles. The van der Waals surface area contributed by atoms with Crippen LogP contribution < -0.4 is 5.59 Å². The van der Waals surface area contributed by atoms with Crippen molar-refractivity contribution in [3.63, 3.8) is 0 Å². The average Bonchev–Trinajstić information content (AvgIpc) is 2.58. The van der Waals surface area contributed by atoms with Crippen LogP contribution in [0.2, 0.25) is 0 Å². The normalized spacial score (nSPS) is 20.9. The number of fused-ring (bicyclic) bond motifs is 1. The van der Waals surface area contributed by atoms with Crippen LogP contribution in [0.5, 0.6) is 0 Å². The third-order valence-electron chi connectivity index (χ3n) is 4.05. The van der Waals surface area contributed by atoms with E-state index in [1.165, 1.54) is 0 Å². The van der Waals surface area contributed by atoms with Crippen molar-refractivity contribution in [1.29, 1.82) is 0 Å². The Bertz CT molecular complexity index is 606. The first-order valence-corrected chi connectivity index (χ1v) is 6.46. The molecule has 19 heavy (non-hydrogen) atoms. The van der Waals surface area contributed by atoms with E-state index in [2.05, 4.69) is 9.97 Å². The third kappa shape index (κ3) is 1.93. The zero-order valence-electron chi connectivity index (χ0n) is 11.7. The molecule has 0 N–H and O–H groups in total. The summed E-state index contributed by atoms with van der Waals surface area (Å²) < 4.78 is 12.1. The SMILES string of the molecule is CC1(C)OB(c2ncnc3ccccc23)OC1(C)C. The fourth-order valence-corrected chi connectivity index (χ4v) is 2.17. The van der Waals surface area contributed by atoms with Gasteiger partial charge < -0.3 is 9.31 Å². The summed E-state index contributed by atoms with van der Waals surface area (Å²) in [5.41, 5.74) is 0.986. The summed E-state index contributed by atoms with van der Waals surface area (Å²) in [5, 5.41) is 0.975. The molecule has 0 saturated carbocycles. The van der Waals surface area contributed by atoms with Crippen LogP contribution in [0.3, 0.4) is 0 Å². The van der Waals surface area contributed by atoms with E-state index in [4.69, 9.17) is 9.31 Å². The highest BCUT2D eigenvalue weighted by Gasteiger charge is 2.52. The van der Waals surface area contributed by atoms with Gasteiger partial charge in [-0.05, 0) is 33.8 Å². The third-order valence-corrected chi connectivity index (χ3v) is 4.05. The lowest BCUT2D eigenvalue weighted by Crippen LogP contribution is -2.41. The molecule has 0 bridgehead atoms. The van der Waals surface area contributed by atoms with E-state index in [0.717, 1.165) is 16.5 Å². The molecular weight excluding hydrogens is 239 g/mol. The number of aromatic nitrogens is 2. The van der Waals surface area contributed by atoms with Gasteiger partial charge in [0, 0.05) is 5.39 Å². The van der Waals surface area contributed by atoms with Crippen LogP contribution >= 0.6 is 0 Å². The number of para-hydroxylation sites is 1. The second kappa shape index (κ2) is 4.02. The van der Waals surface area contributed by atoms with Crippen molar-refractivity contribution in [2.45, 2.75) is 38.9 Å². The van der Waals surface area contributed by atoms with Crippen LogP contribution in [0.1, 0.15) is 27.7 Å². The molecular formula is C14H17BN2O2. The maximum atomic E-state index is 6.05. The van der Waals surface area contributed by atoms with Crippen LogP contribution in [-0.4, -0.2) is 28.3 Å². The molecule has 1 aromatic carbocycles. The Hall–Kier alpha value is -1.46. The summed E-state index contributed by atoms with van der Waals surface area (Å²) in [6, 6.07) is 7.89. The number of nitrogens with zero attached hydrogens (tertiary/aromatic N) is 2. The molecule has 1 aliphatic rings. The van der Waals surface area contributed by atoms with E-state index < -0.39 is 7.12 Å². The van der Waals surface area contributed by atoms with Gasteiger partial charge in [0.05, 0.1) is 22.3 Å². The molecule has 1 aromatic heterocycles. The Kier molecular flexibility index (Phi) is 2.66. The van der Waals surface area contributed by atoms with Crippen molar-refractivity contribution in [3.8, 4) is 0 Å². The van der Waals surface area contributed by atoms with Gasteiger partial charge in [-0.3, -0.25) is 0 Å². The van der Waals surface area contributed by atoms with Gasteiger partial charge in [-0.15, -0.1) is 0 Å². The van der Waals surface area contributed by atoms with Gasteiger partial charge in [0.1, 0.15) is 6.33 Å². The smallest absolute Gasteiger partial charge is 0.398 e. The van der Waals surface area contributed by atoms with E-state index >= 15 is 0 Å². The minimum Gasteiger partial charge on any atom is -0.398 e. The first-order chi connectivity index (χ1) is 8.91. The fraction of sp³-hybridized carbons (Fsp3) is 0.429. The molecule has 0 spiro atoms. The van der Waals surface area contributed by atoms with Crippen LogP contribution in [0.15, 0.2) is 30.6 Å². The highest BCUT2D eigenvalue weighted by Crippen LogP contribution is 2.36. The second-order valence-corrected chi connectivity index (χ2v) is 5.86. The number of benzene rings is 1. The van der Waals surface area contributed by atoms with Gasteiger partial charge >= 0.3 is 7.12 Å². The topological polar surface area (TPSA) is 44.2 Å². The quantitative estimate of drug-likeness (QED) is 0.731. The Labute approximate surface area is 113 Å². The van der Waals surface area contributed by atoms with Crippen molar-refractivity contribution in [3.05, 3.63) is 30.6 Å². The molecule has 0 unspecified atom stereocenters. The van der Waals surface area contributed by atoms with Crippen molar-refractivity contribution in [2.75, 3.05) is 0 Å². The Morgan fingerprint density at radius 1 is 0.947 bits per heavy atom. The average molecular weight is 256 g/mol. The van der Waals surface area contributed by atoms with Crippen LogP contribution in [0.4, 0.5) is 0 Å². The molecule has 2 heterocycles. The molecule has 1 aliphatic heterocycles. The van der Waals surface area contributed by atoms with Crippen LogP contribution in [0, 0.1) is 0 Å². The molecule has 3 rings (SSSR count). The van der Waals surface area contributed by atoms with E-state index in [-0.39, 0.29) is 11.2 Å².